The van der Waals surface area contributed by atoms with Gasteiger partial charge in [-0.25, -0.2) is 4.79 Å². The van der Waals surface area contributed by atoms with Gasteiger partial charge < -0.3 is 28.4 Å². The Morgan fingerprint density at radius 3 is 2.43 bits per heavy atom. The van der Waals surface area contributed by atoms with E-state index in [-0.39, 0.29) is 13.2 Å². The van der Waals surface area contributed by atoms with Crippen molar-refractivity contribution in [2.45, 2.75) is 64.2 Å². The molecule has 2 heterocycles. The van der Waals surface area contributed by atoms with Gasteiger partial charge in [0.2, 0.25) is 0 Å². The molecule has 0 unspecified atom stereocenters. The molecule has 164 valence electrons. The first-order valence-corrected chi connectivity index (χ1v) is 9.72. The van der Waals surface area contributed by atoms with Crippen LogP contribution in [0.4, 0.5) is 0 Å². The van der Waals surface area contributed by atoms with Crippen molar-refractivity contribution in [3.05, 3.63) is 35.4 Å². The number of benzene rings is 1. The minimum Gasteiger partial charge on any atom is -0.466 e. The van der Waals surface area contributed by atoms with Gasteiger partial charge in [0, 0.05) is 0 Å². The molecule has 0 aliphatic carbocycles. The highest BCUT2D eigenvalue weighted by molar-refractivity contribution is 5.98. The van der Waals surface area contributed by atoms with Crippen molar-refractivity contribution in [3.63, 3.8) is 0 Å². The summed E-state index contributed by atoms with van der Waals surface area (Å²) in [5.41, 5.74) is 1.20. The number of esters is 2. The second-order valence-electron chi connectivity index (χ2n) is 7.44. The molecule has 0 amide bonds. The van der Waals surface area contributed by atoms with E-state index < -0.39 is 54.5 Å². The molecule has 1 aromatic carbocycles. The molecular formula is C21H26O9. The molecule has 2 fully saturated rings. The largest absolute Gasteiger partial charge is 0.466 e. The molecule has 0 aromatic heterocycles. The summed E-state index contributed by atoms with van der Waals surface area (Å²) in [7, 11) is 1.31. The van der Waals surface area contributed by atoms with Crippen LogP contribution in [0.15, 0.2) is 24.3 Å². The van der Waals surface area contributed by atoms with Crippen LogP contribution in [-0.2, 0) is 44.6 Å². The first-order valence-electron chi connectivity index (χ1n) is 9.72. The molecular weight excluding hydrogens is 396 g/mol. The van der Waals surface area contributed by atoms with Gasteiger partial charge in [0.1, 0.15) is 24.7 Å². The Morgan fingerprint density at radius 1 is 1.10 bits per heavy atom. The van der Waals surface area contributed by atoms with Crippen molar-refractivity contribution in [1.29, 1.82) is 0 Å². The van der Waals surface area contributed by atoms with Crippen LogP contribution < -0.4 is 0 Å². The van der Waals surface area contributed by atoms with Crippen LogP contribution >= 0.6 is 0 Å². The quantitative estimate of drug-likeness (QED) is 0.457. The molecule has 0 N–H and O–H groups in total. The smallest absolute Gasteiger partial charge is 0.337 e. The van der Waals surface area contributed by atoms with Gasteiger partial charge >= 0.3 is 11.9 Å². The summed E-state index contributed by atoms with van der Waals surface area (Å²) >= 11 is 0. The average Bonchev–Trinajstić information content (AvgIpc) is 3.18. The van der Waals surface area contributed by atoms with Crippen molar-refractivity contribution in [2.24, 2.45) is 0 Å². The second kappa shape index (κ2) is 9.22. The molecule has 1 aromatic rings. The van der Waals surface area contributed by atoms with E-state index in [0.29, 0.717) is 5.56 Å². The highest BCUT2D eigenvalue weighted by atomic mass is 16.8. The standard InChI is InChI=1S/C21H26O9/c1-5-26-15(23)10-14(22)16-17(18-20(28-16)30-21(2,3)29-18)27-11-12-6-8-13(9-7-12)19(24)25-4/h6-9,16-18,20H,5,10-11H2,1-4H3/t16-,17+,18-,20-/m1/s1. The van der Waals surface area contributed by atoms with Crippen molar-refractivity contribution >= 4 is 17.7 Å². The van der Waals surface area contributed by atoms with E-state index in [0.717, 1.165) is 5.56 Å². The van der Waals surface area contributed by atoms with Crippen molar-refractivity contribution in [2.75, 3.05) is 13.7 Å². The molecule has 0 saturated carbocycles. The van der Waals surface area contributed by atoms with Gasteiger partial charge in [-0.3, -0.25) is 9.59 Å². The molecule has 30 heavy (non-hydrogen) atoms. The van der Waals surface area contributed by atoms with Gasteiger partial charge in [0.05, 0.1) is 25.9 Å². The van der Waals surface area contributed by atoms with E-state index in [4.69, 9.17) is 23.7 Å². The number of carbonyl (C=O) groups excluding carboxylic acids is 3. The number of hydrogen-bond donors (Lipinski definition) is 0. The second-order valence-corrected chi connectivity index (χ2v) is 7.44. The van der Waals surface area contributed by atoms with Gasteiger partial charge in [0.15, 0.2) is 17.9 Å². The lowest BCUT2D eigenvalue weighted by Crippen LogP contribution is -2.41. The van der Waals surface area contributed by atoms with E-state index in [1.165, 1.54) is 7.11 Å². The predicted molar refractivity (Wildman–Crippen MR) is 101 cm³/mol. The average molecular weight is 422 g/mol. The van der Waals surface area contributed by atoms with E-state index in [1.54, 1.807) is 45.0 Å². The van der Waals surface area contributed by atoms with E-state index in [2.05, 4.69) is 4.74 Å². The van der Waals surface area contributed by atoms with Gasteiger partial charge in [-0.1, -0.05) is 12.1 Å². The molecule has 2 saturated heterocycles. The number of hydrogen-bond acceptors (Lipinski definition) is 9. The van der Waals surface area contributed by atoms with Crippen LogP contribution in [0.3, 0.4) is 0 Å². The number of rotatable bonds is 8. The first kappa shape index (κ1) is 22.4. The lowest BCUT2D eigenvalue weighted by atomic mass is 10.0. The van der Waals surface area contributed by atoms with Gasteiger partial charge in [-0.05, 0) is 38.5 Å². The zero-order valence-electron chi connectivity index (χ0n) is 17.4. The summed E-state index contributed by atoms with van der Waals surface area (Å²) in [4.78, 5) is 35.9. The molecule has 3 rings (SSSR count). The van der Waals surface area contributed by atoms with Crippen molar-refractivity contribution in [3.8, 4) is 0 Å². The summed E-state index contributed by atoms with van der Waals surface area (Å²) < 4.78 is 32.8. The SMILES string of the molecule is CCOC(=O)CC(=O)[C@H]1O[C@@H]2OC(C)(C)O[C@@H]2[C@H]1OCc1ccc(C(=O)OC)cc1. The topological polar surface area (TPSA) is 107 Å². The minimum absolute atomic E-state index is 0.145. The van der Waals surface area contributed by atoms with Crippen LogP contribution in [0.25, 0.3) is 0 Å². The summed E-state index contributed by atoms with van der Waals surface area (Å²) in [6, 6.07) is 6.70. The van der Waals surface area contributed by atoms with Crippen molar-refractivity contribution < 1.29 is 42.8 Å². The number of ether oxygens (including phenoxy) is 6. The van der Waals surface area contributed by atoms with Crippen LogP contribution in [0.1, 0.15) is 43.1 Å². The normalized spacial score (nSPS) is 26.8. The fraction of sp³-hybridized carbons (Fsp3) is 0.571. The summed E-state index contributed by atoms with van der Waals surface area (Å²) in [5.74, 6) is -2.40. The van der Waals surface area contributed by atoms with Gasteiger partial charge in [-0.15, -0.1) is 0 Å². The highest BCUT2D eigenvalue weighted by Crippen LogP contribution is 2.39. The number of fused-ring (bicyclic) bond motifs is 1. The molecule has 0 spiro atoms. The Hall–Kier alpha value is -2.33. The Balaban J connectivity index is 1.69. The van der Waals surface area contributed by atoms with Crippen LogP contribution in [0.5, 0.6) is 0 Å². The minimum atomic E-state index is -1.02. The van der Waals surface area contributed by atoms with Crippen LogP contribution in [0, 0.1) is 0 Å². The molecule has 2 aliphatic heterocycles. The zero-order valence-corrected chi connectivity index (χ0v) is 17.4. The highest BCUT2D eigenvalue weighted by Gasteiger charge is 2.57. The number of carbonyl (C=O) groups is 3. The number of methoxy groups -OCH3 is 1. The lowest BCUT2D eigenvalue weighted by molar-refractivity contribution is -0.218. The monoisotopic (exact) mass is 422 g/mol. The Morgan fingerprint density at radius 2 is 1.80 bits per heavy atom. The maximum atomic E-state index is 12.6. The predicted octanol–water partition coefficient (Wildman–Crippen LogP) is 1.76. The summed E-state index contributed by atoms with van der Waals surface area (Å²) in [6.07, 6.45) is -3.60. The molecule has 9 heteroatoms. The molecule has 0 radical (unpaired) electrons. The third-order valence-electron chi connectivity index (χ3n) is 4.75. The Kier molecular flexibility index (Phi) is 6.87. The first-order chi connectivity index (χ1) is 14.2. The van der Waals surface area contributed by atoms with Crippen LogP contribution in [-0.4, -0.2) is 61.8 Å². The summed E-state index contributed by atoms with van der Waals surface area (Å²) in [5, 5.41) is 0. The maximum Gasteiger partial charge on any atom is 0.337 e. The fourth-order valence-electron chi connectivity index (χ4n) is 3.42. The van der Waals surface area contributed by atoms with Gasteiger partial charge in [0.25, 0.3) is 0 Å². The molecule has 9 nitrogen and oxygen atoms in total. The van der Waals surface area contributed by atoms with Crippen molar-refractivity contribution in [1.82, 2.24) is 0 Å². The third kappa shape index (κ3) is 5.04. The summed E-state index contributed by atoms with van der Waals surface area (Å²) in [6.45, 7) is 5.48. The molecule has 0 bridgehead atoms. The van der Waals surface area contributed by atoms with Gasteiger partial charge in [-0.2, -0.15) is 0 Å². The lowest BCUT2D eigenvalue weighted by Gasteiger charge is -2.25. The number of Topliss-reactive ketones (excluding diaryl/α,β-unsaturated/α-hetero) is 1. The molecule has 2 aliphatic rings. The van der Waals surface area contributed by atoms with E-state index in [9.17, 15) is 14.4 Å². The molecule has 4 atom stereocenters. The number of ketones is 1. The Bertz CT molecular complexity index is 786. The maximum absolute atomic E-state index is 12.6. The van der Waals surface area contributed by atoms with E-state index >= 15 is 0 Å². The van der Waals surface area contributed by atoms with Crippen LogP contribution in [0.2, 0.25) is 0 Å². The third-order valence-corrected chi connectivity index (χ3v) is 4.75. The Labute approximate surface area is 174 Å². The van der Waals surface area contributed by atoms with E-state index in [1.807, 2.05) is 0 Å². The zero-order chi connectivity index (χ0) is 21.9. The fourth-order valence-corrected chi connectivity index (χ4v) is 3.42.